The summed E-state index contributed by atoms with van der Waals surface area (Å²) >= 11 is 5.04. The van der Waals surface area contributed by atoms with Crippen molar-refractivity contribution >= 4 is 27.0 Å². The molecule has 1 aromatic rings. The monoisotopic (exact) mass is 299 g/mol. The number of sulfone groups is 1. The predicted molar refractivity (Wildman–Crippen MR) is 77.7 cm³/mol. The summed E-state index contributed by atoms with van der Waals surface area (Å²) in [7, 11) is -3.40. The van der Waals surface area contributed by atoms with E-state index in [4.69, 9.17) is 22.7 Å². The summed E-state index contributed by atoms with van der Waals surface area (Å²) in [5.74, 6) is 0. The molecule has 1 aliphatic rings. The Kier molecular flexibility index (Phi) is 3.94. The molecule has 0 aliphatic heterocycles. The molecule has 104 valence electrons. The average Bonchev–Trinajstić information content (AvgIpc) is 3.14. The van der Waals surface area contributed by atoms with E-state index in [9.17, 15) is 8.42 Å². The third kappa shape index (κ3) is 2.52. The quantitative estimate of drug-likeness (QED) is 0.807. The zero-order valence-electron chi connectivity index (χ0n) is 10.7. The molecule has 0 radical (unpaired) electrons. The first-order chi connectivity index (χ1) is 8.95. The number of hydrogen-bond acceptors (Lipinski definition) is 4. The van der Waals surface area contributed by atoms with E-state index in [1.165, 1.54) is 0 Å². The smallest absolute Gasteiger partial charge is 0.182 e. The molecule has 0 aromatic heterocycles. The lowest BCUT2D eigenvalue weighted by atomic mass is 10.1. The molecular formula is C13H17NO3S2. The van der Waals surface area contributed by atoms with Gasteiger partial charge in [-0.2, -0.15) is 0 Å². The van der Waals surface area contributed by atoms with Gasteiger partial charge in [0.25, 0.3) is 0 Å². The second kappa shape index (κ2) is 5.19. The van der Waals surface area contributed by atoms with Crippen LogP contribution < -0.4 is 5.73 Å². The van der Waals surface area contributed by atoms with Gasteiger partial charge in [0.1, 0.15) is 0 Å². The Bertz CT molecular complexity index is 571. The van der Waals surface area contributed by atoms with E-state index >= 15 is 0 Å². The van der Waals surface area contributed by atoms with Crippen molar-refractivity contribution in [1.82, 2.24) is 0 Å². The molecule has 2 rings (SSSR count). The number of rotatable bonds is 6. The van der Waals surface area contributed by atoms with Crippen molar-refractivity contribution < 1.29 is 13.2 Å². The Morgan fingerprint density at radius 2 is 2.11 bits per heavy atom. The highest BCUT2D eigenvalue weighted by Crippen LogP contribution is 2.53. The highest BCUT2D eigenvalue weighted by Gasteiger charge is 2.63. The first kappa shape index (κ1) is 14.4. The second-order valence-corrected chi connectivity index (χ2v) is 7.28. The molecule has 1 aliphatic carbocycles. The Morgan fingerprint density at radius 3 is 2.63 bits per heavy atom. The van der Waals surface area contributed by atoms with Crippen molar-refractivity contribution in [3.05, 3.63) is 30.3 Å². The Labute approximate surface area is 118 Å². The molecular weight excluding hydrogens is 282 g/mol. The zero-order chi connectivity index (χ0) is 14.1. The fraction of sp³-hybridized carbons (Fsp3) is 0.462. The Morgan fingerprint density at radius 1 is 1.47 bits per heavy atom. The minimum Gasteiger partial charge on any atom is -0.393 e. The van der Waals surface area contributed by atoms with Gasteiger partial charge < -0.3 is 10.5 Å². The van der Waals surface area contributed by atoms with Gasteiger partial charge in [-0.05, 0) is 25.5 Å². The van der Waals surface area contributed by atoms with Crippen LogP contribution in [0.15, 0.2) is 35.2 Å². The summed E-state index contributed by atoms with van der Waals surface area (Å²) in [6.07, 6.45) is 0.444. The van der Waals surface area contributed by atoms with Gasteiger partial charge in [-0.1, -0.05) is 30.4 Å². The summed E-state index contributed by atoms with van der Waals surface area (Å²) in [5, 5.41) is -0.563. The minimum absolute atomic E-state index is 0.227. The molecule has 2 N–H and O–H groups in total. The first-order valence-electron chi connectivity index (χ1n) is 6.12. The van der Waals surface area contributed by atoms with E-state index in [0.717, 1.165) is 0 Å². The number of ether oxygens (including phenoxy) is 1. The van der Waals surface area contributed by atoms with Crippen molar-refractivity contribution in [2.45, 2.75) is 23.5 Å². The van der Waals surface area contributed by atoms with Crippen LogP contribution in [0, 0.1) is 5.41 Å². The topological polar surface area (TPSA) is 69.4 Å². The lowest BCUT2D eigenvalue weighted by molar-refractivity contribution is 0.123. The second-order valence-electron chi connectivity index (χ2n) is 4.71. The molecule has 2 atom stereocenters. The zero-order valence-corrected chi connectivity index (χ0v) is 12.3. The van der Waals surface area contributed by atoms with Crippen LogP contribution in [0.5, 0.6) is 0 Å². The third-order valence-electron chi connectivity index (χ3n) is 3.51. The normalized spacial score (nSPS) is 26.1. The van der Waals surface area contributed by atoms with E-state index in [-0.39, 0.29) is 11.6 Å². The van der Waals surface area contributed by atoms with Gasteiger partial charge in [0.2, 0.25) is 0 Å². The molecule has 1 aromatic carbocycles. The van der Waals surface area contributed by atoms with Crippen molar-refractivity contribution in [1.29, 1.82) is 0 Å². The molecule has 1 fully saturated rings. The molecule has 0 bridgehead atoms. The van der Waals surface area contributed by atoms with Gasteiger partial charge in [-0.3, -0.25) is 0 Å². The van der Waals surface area contributed by atoms with E-state index in [1.807, 2.05) is 6.92 Å². The summed E-state index contributed by atoms with van der Waals surface area (Å²) in [6.45, 7) is 2.65. The number of thiocarbonyl (C=S) groups is 1. The molecule has 0 unspecified atom stereocenters. The van der Waals surface area contributed by atoms with Crippen molar-refractivity contribution in [3.8, 4) is 0 Å². The number of hydrogen-bond donors (Lipinski definition) is 1. The molecule has 0 heterocycles. The summed E-state index contributed by atoms with van der Waals surface area (Å²) in [5.41, 5.74) is 5.03. The van der Waals surface area contributed by atoms with Gasteiger partial charge in [-0.15, -0.1) is 0 Å². The van der Waals surface area contributed by atoms with E-state index in [1.54, 1.807) is 30.3 Å². The van der Waals surface area contributed by atoms with Crippen LogP contribution in [-0.2, 0) is 14.6 Å². The maximum absolute atomic E-state index is 12.5. The van der Waals surface area contributed by atoms with Gasteiger partial charge >= 0.3 is 0 Å². The van der Waals surface area contributed by atoms with Crippen LogP contribution in [-0.4, -0.2) is 31.9 Å². The maximum Gasteiger partial charge on any atom is 0.182 e. The molecule has 6 heteroatoms. The van der Waals surface area contributed by atoms with E-state index in [2.05, 4.69) is 0 Å². The highest BCUT2D eigenvalue weighted by atomic mass is 32.2. The lowest BCUT2D eigenvalue weighted by Crippen LogP contribution is -2.33. The molecule has 0 saturated heterocycles. The fourth-order valence-electron chi connectivity index (χ4n) is 2.22. The van der Waals surface area contributed by atoms with Gasteiger partial charge in [0.05, 0.1) is 27.2 Å². The number of nitrogens with two attached hydrogens (primary N) is 1. The summed E-state index contributed by atoms with van der Waals surface area (Å²) < 4.78 is 30.4. The standard InChI is InChI=1S/C13H17NO3S2/c1-2-17-9-13(12(14)18)8-11(13)19(15,16)10-6-4-3-5-7-10/h3-7,11H,2,8-9H2,1H3,(H2,14,18)/t11-,13-/m0/s1. The molecule has 19 heavy (non-hydrogen) atoms. The molecule has 4 nitrogen and oxygen atoms in total. The molecule has 1 saturated carbocycles. The average molecular weight is 299 g/mol. The fourth-order valence-corrected chi connectivity index (χ4v) is 4.75. The van der Waals surface area contributed by atoms with Crippen LogP contribution in [0.25, 0.3) is 0 Å². The summed E-state index contributed by atoms with van der Waals surface area (Å²) in [4.78, 5) is 0.542. The minimum atomic E-state index is -3.40. The lowest BCUT2D eigenvalue weighted by Gasteiger charge is -2.15. The van der Waals surface area contributed by atoms with Crippen molar-refractivity contribution in [2.75, 3.05) is 13.2 Å². The first-order valence-corrected chi connectivity index (χ1v) is 8.07. The summed E-state index contributed by atoms with van der Waals surface area (Å²) in [6, 6.07) is 8.39. The van der Waals surface area contributed by atoms with Crippen molar-refractivity contribution in [3.63, 3.8) is 0 Å². The van der Waals surface area contributed by atoms with E-state index < -0.39 is 20.5 Å². The van der Waals surface area contributed by atoms with Gasteiger partial charge in [-0.25, -0.2) is 8.42 Å². The Hall–Kier alpha value is -0.980. The van der Waals surface area contributed by atoms with Crippen LogP contribution in [0.3, 0.4) is 0 Å². The largest absolute Gasteiger partial charge is 0.393 e. The SMILES string of the molecule is CCOC[C@@]1(C(N)=S)C[C@@H]1S(=O)(=O)c1ccccc1. The van der Waals surface area contributed by atoms with Crippen LogP contribution in [0.4, 0.5) is 0 Å². The molecule has 0 amide bonds. The predicted octanol–water partition coefficient (Wildman–Crippen LogP) is 1.54. The van der Waals surface area contributed by atoms with Gasteiger partial charge in [0, 0.05) is 6.61 Å². The van der Waals surface area contributed by atoms with Crippen LogP contribution in [0.2, 0.25) is 0 Å². The van der Waals surface area contributed by atoms with Crippen LogP contribution >= 0.6 is 12.2 Å². The van der Waals surface area contributed by atoms with Crippen LogP contribution in [0.1, 0.15) is 13.3 Å². The highest BCUT2D eigenvalue weighted by molar-refractivity contribution is 7.92. The third-order valence-corrected chi connectivity index (χ3v) is 6.21. The Balaban J connectivity index is 2.27. The van der Waals surface area contributed by atoms with Crippen molar-refractivity contribution in [2.24, 2.45) is 11.1 Å². The van der Waals surface area contributed by atoms with Gasteiger partial charge in [0.15, 0.2) is 9.84 Å². The van der Waals surface area contributed by atoms with E-state index in [0.29, 0.717) is 17.9 Å². The number of benzene rings is 1. The molecule has 0 spiro atoms. The maximum atomic E-state index is 12.5.